The van der Waals surface area contributed by atoms with E-state index in [-0.39, 0.29) is 17.3 Å². The standard InChI is InChI=1S/C24H20BrFN4O3S/c1-16-27-28-24(30(16)20-10-8-19(26)9-11-20)34-23(14-29(31)32)21-13-18(25)7-12-22(21)33-15-17-5-3-2-4-6-17/h2-13,23H,14-15H2,1H3/t23-/m0/s1. The Hall–Kier alpha value is -3.24. The van der Waals surface area contributed by atoms with Gasteiger partial charge in [0.05, 0.1) is 0 Å². The summed E-state index contributed by atoms with van der Waals surface area (Å²) in [6.45, 7) is 1.75. The van der Waals surface area contributed by atoms with Gasteiger partial charge >= 0.3 is 0 Å². The first-order chi connectivity index (χ1) is 16.4. The highest BCUT2D eigenvalue weighted by atomic mass is 79.9. The van der Waals surface area contributed by atoms with Crippen molar-refractivity contribution in [2.45, 2.75) is 23.9 Å². The van der Waals surface area contributed by atoms with E-state index >= 15 is 0 Å². The van der Waals surface area contributed by atoms with Crippen molar-refractivity contribution in [3.63, 3.8) is 0 Å². The van der Waals surface area contributed by atoms with Gasteiger partial charge in [-0.15, -0.1) is 10.2 Å². The monoisotopic (exact) mass is 542 g/mol. The SMILES string of the molecule is Cc1nnc(S[C@@H](C[N+](=O)[O-])c2cc(Br)ccc2OCc2ccccc2)n1-c1ccc(F)cc1. The summed E-state index contributed by atoms with van der Waals surface area (Å²) < 4.78 is 22.0. The molecule has 10 heteroatoms. The molecule has 0 unspecified atom stereocenters. The molecule has 7 nitrogen and oxygen atoms in total. The van der Waals surface area contributed by atoms with Crippen molar-refractivity contribution in [1.29, 1.82) is 0 Å². The summed E-state index contributed by atoms with van der Waals surface area (Å²) in [5.41, 5.74) is 2.32. The number of aromatic nitrogens is 3. The Morgan fingerprint density at radius 3 is 2.56 bits per heavy atom. The Kier molecular flexibility index (Phi) is 7.59. The van der Waals surface area contributed by atoms with E-state index in [4.69, 9.17) is 4.74 Å². The zero-order valence-corrected chi connectivity index (χ0v) is 20.5. The van der Waals surface area contributed by atoms with Crippen LogP contribution in [0.2, 0.25) is 0 Å². The first kappa shape index (κ1) is 23.9. The summed E-state index contributed by atoms with van der Waals surface area (Å²) in [6.07, 6.45) is 0. The molecule has 0 aliphatic heterocycles. The van der Waals surface area contributed by atoms with Crippen molar-refractivity contribution in [3.8, 4) is 11.4 Å². The molecule has 3 aromatic carbocycles. The Balaban J connectivity index is 1.68. The molecule has 0 saturated carbocycles. The lowest BCUT2D eigenvalue weighted by atomic mass is 10.1. The van der Waals surface area contributed by atoms with Gasteiger partial charge in [0, 0.05) is 20.6 Å². The fourth-order valence-corrected chi connectivity index (χ4v) is 4.98. The summed E-state index contributed by atoms with van der Waals surface area (Å²) in [5, 5.41) is 19.8. The van der Waals surface area contributed by atoms with Crippen molar-refractivity contribution in [1.82, 2.24) is 14.8 Å². The number of aryl methyl sites for hydroxylation is 1. The molecule has 0 aliphatic carbocycles. The Morgan fingerprint density at radius 1 is 1.12 bits per heavy atom. The molecule has 0 fully saturated rings. The van der Waals surface area contributed by atoms with Gasteiger partial charge in [-0.3, -0.25) is 14.7 Å². The van der Waals surface area contributed by atoms with Crippen molar-refractivity contribution in [3.05, 3.63) is 110 Å². The van der Waals surface area contributed by atoms with Crippen LogP contribution in [0, 0.1) is 22.9 Å². The maximum Gasteiger partial charge on any atom is 0.220 e. The van der Waals surface area contributed by atoms with Crippen molar-refractivity contribution in [2.24, 2.45) is 0 Å². The Bertz CT molecular complexity index is 1290. The van der Waals surface area contributed by atoms with Gasteiger partial charge in [0.2, 0.25) is 6.54 Å². The number of thioether (sulfide) groups is 1. The molecule has 174 valence electrons. The van der Waals surface area contributed by atoms with Crippen LogP contribution in [0.5, 0.6) is 5.75 Å². The topological polar surface area (TPSA) is 83.1 Å². The molecule has 4 rings (SSSR count). The molecule has 0 bridgehead atoms. The van der Waals surface area contributed by atoms with Gasteiger partial charge in [-0.2, -0.15) is 0 Å². The number of nitro groups is 1. The highest BCUT2D eigenvalue weighted by Crippen LogP contribution is 2.41. The highest BCUT2D eigenvalue weighted by Gasteiger charge is 2.27. The van der Waals surface area contributed by atoms with Gasteiger partial charge in [0.15, 0.2) is 5.16 Å². The van der Waals surface area contributed by atoms with Gasteiger partial charge in [-0.05, 0) is 55.0 Å². The normalized spacial score (nSPS) is 11.9. The van der Waals surface area contributed by atoms with Crippen LogP contribution in [0.1, 0.15) is 22.2 Å². The maximum atomic E-state index is 13.4. The van der Waals surface area contributed by atoms with Crippen LogP contribution in [0.4, 0.5) is 4.39 Å². The smallest absolute Gasteiger partial charge is 0.220 e. The third kappa shape index (κ3) is 5.81. The van der Waals surface area contributed by atoms with Gasteiger partial charge in [0.25, 0.3) is 0 Å². The first-order valence-corrected chi connectivity index (χ1v) is 12.0. The van der Waals surface area contributed by atoms with Crippen LogP contribution >= 0.6 is 27.7 Å². The van der Waals surface area contributed by atoms with Gasteiger partial charge in [0.1, 0.15) is 29.2 Å². The van der Waals surface area contributed by atoms with Crippen molar-refractivity contribution < 1.29 is 14.1 Å². The second-order valence-electron chi connectivity index (χ2n) is 7.42. The van der Waals surface area contributed by atoms with Crippen molar-refractivity contribution in [2.75, 3.05) is 6.54 Å². The molecule has 0 saturated heterocycles. The Morgan fingerprint density at radius 2 is 1.85 bits per heavy atom. The van der Waals surface area contributed by atoms with E-state index in [1.54, 1.807) is 29.7 Å². The minimum absolute atomic E-state index is 0.330. The maximum absolute atomic E-state index is 13.4. The van der Waals surface area contributed by atoms with Crippen LogP contribution in [-0.2, 0) is 6.61 Å². The van der Waals surface area contributed by atoms with E-state index in [1.807, 2.05) is 42.5 Å². The van der Waals surface area contributed by atoms with Crippen LogP contribution in [0.25, 0.3) is 5.69 Å². The molecule has 4 aromatic rings. The second-order valence-corrected chi connectivity index (χ2v) is 9.51. The summed E-state index contributed by atoms with van der Waals surface area (Å²) in [6, 6.07) is 21.1. The van der Waals surface area contributed by atoms with E-state index in [1.165, 1.54) is 23.9 Å². The fourth-order valence-electron chi connectivity index (χ4n) is 3.41. The van der Waals surface area contributed by atoms with Gasteiger partial charge in [-0.25, -0.2) is 4.39 Å². The second kappa shape index (κ2) is 10.8. The summed E-state index contributed by atoms with van der Waals surface area (Å²) in [5.74, 6) is 0.781. The molecule has 0 amide bonds. The molecule has 0 aliphatic rings. The molecular weight excluding hydrogens is 523 g/mol. The predicted molar refractivity (Wildman–Crippen MR) is 131 cm³/mol. The zero-order valence-electron chi connectivity index (χ0n) is 18.1. The van der Waals surface area contributed by atoms with Crippen LogP contribution in [-0.4, -0.2) is 26.2 Å². The average molecular weight is 543 g/mol. The number of rotatable bonds is 9. The Labute approximate surface area is 208 Å². The third-order valence-electron chi connectivity index (χ3n) is 5.00. The quantitative estimate of drug-likeness (QED) is 0.143. The zero-order chi connectivity index (χ0) is 24.1. The number of hydrogen-bond acceptors (Lipinski definition) is 6. The van der Waals surface area contributed by atoms with Crippen LogP contribution in [0.15, 0.2) is 82.4 Å². The van der Waals surface area contributed by atoms with Crippen LogP contribution < -0.4 is 4.74 Å². The summed E-state index contributed by atoms with van der Waals surface area (Å²) in [4.78, 5) is 11.2. The number of halogens is 2. The number of ether oxygens (including phenoxy) is 1. The summed E-state index contributed by atoms with van der Waals surface area (Å²) >= 11 is 4.69. The van der Waals surface area contributed by atoms with Gasteiger partial charge < -0.3 is 4.74 Å². The first-order valence-electron chi connectivity index (χ1n) is 10.3. The van der Waals surface area contributed by atoms with Crippen LogP contribution in [0.3, 0.4) is 0 Å². The lowest BCUT2D eigenvalue weighted by molar-refractivity contribution is -0.479. The molecule has 0 radical (unpaired) electrons. The largest absolute Gasteiger partial charge is 0.489 e. The predicted octanol–water partition coefficient (Wildman–Crippen LogP) is 6.17. The van der Waals surface area contributed by atoms with E-state index < -0.39 is 5.25 Å². The van der Waals surface area contributed by atoms with Gasteiger partial charge in [-0.1, -0.05) is 58.0 Å². The minimum atomic E-state index is -0.610. The molecule has 34 heavy (non-hydrogen) atoms. The molecule has 1 heterocycles. The lowest BCUT2D eigenvalue weighted by Crippen LogP contribution is -2.12. The van der Waals surface area contributed by atoms with E-state index in [2.05, 4.69) is 26.1 Å². The van der Waals surface area contributed by atoms with E-state index in [9.17, 15) is 14.5 Å². The minimum Gasteiger partial charge on any atom is -0.489 e. The van der Waals surface area contributed by atoms with E-state index in [0.29, 0.717) is 34.6 Å². The van der Waals surface area contributed by atoms with Crippen molar-refractivity contribution >= 4 is 27.7 Å². The average Bonchev–Trinajstić information content (AvgIpc) is 3.18. The molecule has 1 aromatic heterocycles. The third-order valence-corrected chi connectivity index (χ3v) is 6.65. The van der Waals surface area contributed by atoms with E-state index in [0.717, 1.165) is 10.0 Å². The molecule has 0 spiro atoms. The molecular formula is C24H20BrFN4O3S. The fraction of sp³-hybridized carbons (Fsp3) is 0.167. The molecule has 0 N–H and O–H groups in total. The number of nitrogens with zero attached hydrogens (tertiary/aromatic N) is 4. The lowest BCUT2D eigenvalue weighted by Gasteiger charge is -2.18. The highest BCUT2D eigenvalue weighted by molar-refractivity contribution is 9.10. The molecule has 1 atom stereocenters. The number of hydrogen-bond donors (Lipinski definition) is 0. The summed E-state index contributed by atoms with van der Waals surface area (Å²) in [7, 11) is 0. The number of benzene rings is 3.